The van der Waals surface area contributed by atoms with Gasteiger partial charge in [-0.15, -0.1) is 0 Å². The minimum atomic E-state index is -4.70. The van der Waals surface area contributed by atoms with Crippen LogP contribution in [0.2, 0.25) is 0 Å². The molecule has 0 bridgehead atoms. The second kappa shape index (κ2) is 9.71. The van der Waals surface area contributed by atoms with E-state index < -0.39 is 28.7 Å². The lowest BCUT2D eigenvalue weighted by Gasteiger charge is -2.26. The summed E-state index contributed by atoms with van der Waals surface area (Å²) in [7, 11) is 3.90. The van der Waals surface area contributed by atoms with E-state index in [1.165, 1.54) is 12.1 Å². The number of alkyl halides is 3. The van der Waals surface area contributed by atoms with Crippen molar-refractivity contribution in [1.29, 1.82) is 5.26 Å². The van der Waals surface area contributed by atoms with Crippen molar-refractivity contribution in [3.63, 3.8) is 0 Å². The number of amides is 1. The Morgan fingerprint density at radius 2 is 1.71 bits per heavy atom. The first kappa shape index (κ1) is 24.0. The molecule has 2 rings (SSSR count). The lowest BCUT2D eigenvalue weighted by Crippen LogP contribution is -2.44. The zero-order valence-electron chi connectivity index (χ0n) is 17.8. The fourth-order valence-corrected chi connectivity index (χ4v) is 2.64. The summed E-state index contributed by atoms with van der Waals surface area (Å²) in [6.07, 6.45) is -4.70. The summed E-state index contributed by atoms with van der Waals surface area (Å²) in [6.45, 7) is 4.53. The average Bonchev–Trinajstić information content (AvgIpc) is 2.68. The van der Waals surface area contributed by atoms with Crippen molar-refractivity contribution in [2.24, 2.45) is 0 Å². The van der Waals surface area contributed by atoms with Gasteiger partial charge in [0, 0.05) is 17.9 Å². The second-order valence-corrected chi connectivity index (χ2v) is 7.75. The number of anilines is 2. The molecule has 0 radical (unpaired) electrons. The van der Waals surface area contributed by atoms with E-state index in [2.05, 4.69) is 10.6 Å². The highest BCUT2D eigenvalue weighted by molar-refractivity contribution is 5.99. The molecule has 6 nitrogen and oxygen atoms in total. The molecule has 2 aromatic carbocycles. The number of hydrogen-bond donors (Lipinski definition) is 2. The molecule has 0 atom stereocenters. The van der Waals surface area contributed by atoms with Gasteiger partial charge in [-0.2, -0.15) is 18.4 Å². The number of rotatable bonds is 8. The molecular weight excluding hydrogens is 409 g/mol. The predicted octanol–water partition coefficient (Wildman–Crippen LogP) is 4.35. The molecule has 1 amide bonds. The molecule has 2 aromatic rings. The fourth-order valence-electron chi connectivity index (χ4n) is 2.64. The second-order valence-electron chi connectivity index (χ2n) is 7.75. The van der Waals surface area contributed by atoms with E-state index in [4.69, 9.17) is 10.00 Å². The van der Waals surface area contributed by atoms with Crippen molar-refractivity contribution in [2.75, 3.05) is 37.9 Å². The Morgan fingerprint density at radius 1 is 1.10 bits per heavy atom. The zero-order chi connectivity index (χ0) is 23.2. The van der Waals surface area contributed by atoms with Gasteiger partial charge in [0.25, 0.3) is 0 Å². The van der Waals surface area contributed by atoms with Crippen LogP contribution in [-0.4, -0.2) is 43.6 Å². The van der Waals surface area contributed by atoms with E-state index >= 15 is 0 Å². The largest absolute Gasteiger partial charge is 0.492 e. The summed E-state index contributed by atoms with van der Waals surface area (Å²) in [5, 5.41) is 14.4. The molecule has 0 aliphatic carbocycles. The van der Waals surface area contributed by atoms with Crippen LogP contribution >= 0.6 is 0 Å². The molecule has 166 valence electrons. The maximum Gasteiger partial charge on any atom is 0.417 e. The maximum atomic E-state index is 13.1. The lowest BCUT2D eigenvalue weighted by molar-refractivity contribution is -0.137. The van der Waals surface area contributed by atoms with Crippen LogP contribution in [0.25, 0.3) is 0 Å². The standard InChI is InChI=1S/C22H25F3N4O2/c1-21(2,28-16-7-9-18(10-8-16)31-12-11-29(3)4)20(30)27-17-6-5-15(14-26)19(13-17)22(23,24)25/h5-10,13,28H,11-12H2,1-4H3,(H,27,30). The Bertz CT molecular complexity index is 949. The Balaban J connectivity index is 2.06. The van der Waals surface area contributed by atoms with E-state index in [0.29, 0.717) is 18.0 Å². The topological polar surface area (TPSA) is 77.4 Å². The first-order valence-corrected chi connectivity index (χ1v) is 9.51. The van der Waals surface area contributed by atoms with Crippen LogP contribution in [0.4, 0.5) is 24.5 Å². The molecule has 31 heavy (non-hydrogen) atoms. The van der Waals surface area contributed by atoms with Gasteiger partial charge in [0.15, 0.2) is 0 Å². The molecule has 9 heteroatoms. The van der Waals surface area contributed by atoms with Crippen LogP contribution in [0.1, 0.15) is 25.0 Å². The van der Waals surface area contributed by atoms with E-state index in [9.17, 15) is 18.0 Å². The minimum absolute atomic E-state index is 0.0455. The van der Waals surface area contributed by atoms with Crippen molar-refractivity contribution in [1.82, 2.24) is 4.90 Å². The lowest BCUT2D eigenvalue weighted by atomic mass is 10.0. The highest BCUT2D eigenvalue weighted by Gasteiger charge is 2.34. The molecular formula is C22H25F3N4O2. The molecule has 2 N–H and O–H groups in total. The van der Waals surface area contributed by atoms with E-state index in [-0.39, 0.29) is 5.69 Å². The SMILES string of the molecule is CN(C)CCOc1ccc(NC(C)(C)C(=O)Nc2ccc(C#N)c(C(F)(F)F)c2)cc1. The number of nitrogens with zero attached hydrogens (tertiary/aromatic N) is 2. The quantitative estimate of drug-likeness (QED) is 0.646. The third-order valence-electron chi connectivity index (χ3n) is 4.39. The van der Waals surface area contributed by atoms with Gasteiger partial charge >= 0.3 is 6.18 Å². The van der Waals surface area contributed by atoms with E-state index in [1.54, 1.807) is 38.1 Å². The van der Waals surface area contributed by atoms with Gasteiger partial charge in [0.1, 0.15) is 17.9 Å². The number of ether oxygens (including phenoxy) is 1. The number of hydrogen-bond acceptors (Lipinski definition) is 5. The minimum Gasteiger partial charge on any atom is -0.492 e. The maximum absolute atomic E-state index is 13.1. The van der Waals surface area contributed by atoms with Gasteiger partial charge < -0.3 is 20.3 Å². The van der Waals surface area contributed by atoms with Crippen LogP contribution < -0.4 is 15.4 Å². The molecule has 0 aromatic heterocycles. The Labute approximate surface area is 179 Å². The van der Waals surface area contributed by atoms with Crippen molar-refractivity contribution in [3.05, 3.63) is 53.6 Å². The number of nitriles is 1. The van der Waals surface area contributed by atoms with Gasteiger partial charge in [-0.05, 0) is 70.4 Å². The van der Waals surface area contributed by atoms with Crippen molar-refractivity contribution in [3.8, 4) is 11.8 Å². The third-order valence-corrected chi connectivity index (χ3v) is 4.39. The van der Waals surface area contributed by atoms with E-state index in [1.807, 2.05) is 19.0 Å². The van der Waals surface area contributed by atoms with Crippen molar-refractivity contribution >= 4 is 17.3 Å². The molecule has 0 unspecified atom stereocenters. The van der Waals surface area contributed by atoms with Crippen LogP contribution in [0.5, 0.6) is 5.75 Å². The number of carbonyl (C=O) groups is 1. The number of halogens is 3. The molecule has 0 aliphatic rings. The normalized spacial score (nSPS) is 11.7. The van der Waals surface area contributed by atoms with Crippen molar-refractivity contribution in [2.45, 2.75) is 25.6 Å². The van der Waals surface area contributed by atoms with Crippen LogP contribution in [-0.2, 0) is 11.0 Å². The number of likely N-dealkylation sites (N-methyl/N-ethyl adjacent to an activating group) is 1. The van der Waals surface area contributed by atoms with Gasteiger partial charge in [0.05, 0.1) is 17.2 Å². The van der Waals surface area contributed by atoms with Gasteiger partial charge in [-0.3, -0.25) is 4.79 Å². The third kappa shape index (κ3) is 6.89. The highest BCUT2D eigenvalue weighted by Crippen LogP contribution is 2.33. The average molecular weight is 434 g/mol. The number of benzene rings is 2. The van der Waals surface area contributed by atoms with Gasteiger partial charge in [-0.1, -0.05) is 0 Å². The van der Waals surface area contributed by atoms with Crippen LogP contribution in [0.3, 0.4) is 0 Å². The first-order valence-electron chi connectivity index (χ1n) is 9.51. The Morgan fingerprint density at radius 3 is 2.26 bits per heavy atom. The summed E-state index contributed by atoms with van der Waals surface area (Å²) >= 11 is 0. The Kier molecular flexibility index (Phi) is 7.52. The van der Waals surface area contributed by atoms with Gasteiger partial charge in [0.2, 0.25) is 5.91 Å². The summed E-state index contributed by atoms with van der Waals surface area (Å²) in [6, 6.07) is 11.6. The molecule has 0 saturated carbocycles. The van der Waals surface area contributed by atoms with E-state index in [0.717, 1.165) is 18.7 Å². The molecule has 0 aliphatic heterocycles. The summed E-state index contributed by atoms with van der Waals surface area (Å²) in [5.74, 6) is 0.156. The smallest absolute Gasteiger partial charge is 0.417 e. The number of nitrogens with one attached hydrogen (secondary N) is 2. The first-order chi connectivity index (χ1) is 14.4. The predicted molar refractivity (Wildman–Crippen MR) is 113 cm³/mol. The summed E-state index contributed by atoms with van der Waals surface area (Å²) in [4.78, 5) is 14.7. The van der Waals surface area contributed by atoms with Crippen LogP contribution in [0.15, 0.2) is 42.5 Å². The molecule has 0 saturated heterocycles. The van der Waals surface area contributed by atoms with Crippen molar-refractivity contribution < 1.29 is 22.7 Å². The van der Waals surface area contributed by atoms with Crippen LogP contribution in [0, 0.1) is 11.3 Å². The monoisotopic (exact) mass is 434 g/mol. The zero-order valence-corrected chi connectivity index (χ0v) is 17.8. The van der Waals surface area contributed by atoms with Gasteiger partial charge in [-0.25, -0.2) is 0 Å². The molecule has 0 heterocycles. The fraction of sp³-hybridized carbons (Fsp3) is 0.364. The number of carbonyl (C=O) groups excluding carboxylic acids is 1. The highest BCUT2D eigenvalue weighted by atomic mass is 19.4. The summed E-state index contributed by atoms with van der Waals surface area (Å²) < 4.78 is 45.0. The Hall–Kier alpha value is -3.25. The summed E-state index contributed by atoms with van der Waals surface area (Å²) in [5.41, 5.74) is -2.12. The molecule has 0 fully saturated rings. The molecule has 0 spiro atoms.